The SMILES string of the molecule is C=CC.COc1ccc(N2CCN(C)CC2C)cc1. The number of anilines is 1. The lowest BCUT2D eigenvalue weighted by Gasteiger charge is -2.39. The summed E-state index contributed by atoms with van der Waals surface area (Å²) in [6, 6.07) is 8.91. The summed E-state index contributed by atoms with van der Waals surface area (Å²) in [4.78, 5) is 4.84. The molecule has 1 aromatic carbocycles. The van der Waals surface area contributed by atoms with E-state index in [0.717, 1.165) is 25.4 Å². The summed E-state index contributed by atoms with van der Waals surface area (Å²) in [7, 11) is 3.88. The molecule has 3 nitrogen and oxygen atoms in total. The van der Waals surface area contributed by atoms with E-state index in [1.165, 1.54) is 5.69 Å². The Bertz CT molecular complexity index is 375. The van der Waals surface area contributed by atoms with Crippen molar-refractivity contribution in [1.82, 2.24) is 4.90 Å². The van der Waals surface area contributed by atoms with Crippen LogP contribution in [-0.2, 0) is 0 Å². The van der Waals surface area contributed by atoms with Crippen molar-refractivity contribution >= 4 is 5.69 Å². The highest BCUT2D eigenvalue weighted by Crippen LogP contribution is 2.22. The predicted molar refractivity (Wildman–Crippen MR) is 83.2 cm³/mol. The van der Waals surface area contributed by atoms with Crippen molar-refractivity contribution in [2.75, 3.05) is 38.7 Å². The Morgan fingerprint density at radius 2 is 1.84 bits per heavy atom. The molecule has 0 radical (unpaired) electrons. The lowest BCUT2D eigenvalue weighted by atomic mass is 10.1. The van der Waals surface area contributed by atoms with Gasteiger partial charge in [0.15, 0.2) is 0 Å². The highest BCUT2D eigenvalue weighted by Gasteiger charge is 2.21. The monoisotopic (exact) mass is 262 g/mol. The van der Waals surface area contributed by atoms with Crippen LogP contribution < -0.4 is 9.64 Å². The van der Waals surface area contributed by atoms with Crippen molar-refractivity contribution in [3.8, 4) is 5.75 Å². The number of piperazine rings is 1. The quantitative estimate of drug-likeness (QED) is 0.762. The van der Waals surface area contributed by atoms with Crippen LogP contribution in [0.15, 0.2) is 36.9 Å². The molecule has 0 aromatic heterocycles. The number of rotatable bonds is 2. The van der Waals surface area contributed by atoms with Gasteiger partial charge in [-0.15, -0.1) is 6.58 Å². The first-order chi connectivity index (χ1) is 9.12. The molecule has 1 saturated heterocycles. The first-order valence-corrected chi connectivity index (χ1v) is 6.78. The Balaban J connectivity index is 0.000000550. The van der Waals surface area contributed by atoms with Crippen LogP contribution in [0, 0.1) is 0 Å². The molecule has 106 valence electrons. The van der Waals surface area contributed by atoms with Crippen LogP contribution >= 0.6 is 0 Å². The van der Waals surface area contributed by atoms with Gasteiger partial charge in [-0.1, -0.05) is 6.08 Å². The summed E-state index contributed by atoms with van der Waals surface area (Å²) < 4.78 is 5.17. The van der Waals surface area contributed by atoms with Crippen LogP contribution in [0.1, 0.15) is 13.8 Å². The summed E-state index contributed by atoms with van der Waals surface area (Å²) in [6.07, 6.45) is 1.75. The van der Waals surface area contributed by atoms with Gasteiger partial charge in [0, 0.05) is 31.4 Å². The molecule has 0 spiro atoms. The summed E-state index contributed by atoms with van der Waals surface area (Å²) >= 11 is 0. The Labute approximate surface area is 117 Å². The third kappa shape index (κ3) is 4.60. The van der Waals surface area contributed by atoms with Crippen LogP contribution in [0.25, 0.3) is 0 Å². The fraction of sp³-hybridized carbons (Fsp3) is 0.500. The molecule has 1 unspecified atom stereocenters. The number of nitrogens with zero attached hydrogens (tertiary/aromatic N) is 2. The smallest absolute Gasteiger partial charge is 0.119 e. The summed E-state index contributed by atoms with van der Waals surface area (Å²) in [6.45, 7) is 10.9. The second-order valence-corrected chi connectivity index (χ2v) is 4.91. The Morgan fingerprint density at radius 1 is 1.26 bits per heavy atom. The van der Waals surface area contributed by atoms with Gasteiger partial charge in [0.25, 0.3) is 0 Å². The van der Waals surface area contributed by atoms with Crippen LogP contribution in [0.3, 0.4) is 0 Å². The summed E-state index contributed by atoms with van der Waals surface area (Å²) in [5.41, 5.74) is 1.29. The summed E-state index contributed by atoms with van der Waals surface area (Å²) in [5, 5.41) is 0. The molecular formula is C16H26N2O. The van der Waals surface area contributed by atoms with Crippen LogP contribution in [0.4, 0.5) is 5.69 Å². The zero-order valence-electron chi connectivity index (χ0n) is 12.6. The van der Waals surface area contributed by atoms with Gasteiger partial charge in [0.1, 0.15) is 5.75 Å². The van der Waals surface area contributed by atoms with E-state index in [1.54, 1.807) is 13.2 Å². The lowest BCUT2D eigenvalue weighted by Crippen LogP contribution is -2.50. The average Bonchev–Trinajstić information content (AvgIpc) is 2.40. The van der Waals surface area contributed by atoms with Gasteiger partial charge in [-0.2, -0.15) is 0 Å². The molecule has 1 aromatic rings. The number of allylic oxidation sites excluding steroid dienone is 1. The van der Waals surface area contributed by atoms with Crippen molar-refractivity contribution < 1.29 is 4.74 Å². The van der Waals surface area contributed by atoms with Crippen molar-refractivity contribution in [3.63, 3.8) is 0 Å². The minimum atomic E-state index is 0.576. The second-order valence-electron chi connectivity index (χ2n) is 4.91. The molecule has 0 amide bonds. The van der Waals surface area contributed by atoms with Gasteiger partial charge >= 0.3 is 0 Å². The minimum Gasteiger partial charge on any atom is -0.497 e. The highest BCUT2D eigenvalue weighted by molar-refractivity contribution is 5.50. The zero-order chi connectivity index (χ0) is 14.3. The Hall–Kier alpha value is -1.48. The lowest BCUT2D eigenvalue weighted by molar-refractivity contribution is 0.275. The first kappa shape index (κ1) is 15.6. The van der Waals surface area contributed by atoms with E-state index in [0.29, 0.717) is 6.04 Å². The standard InChI is InChI=1S/C13H20N2O.C3H6/c1-11-10-14(2)8-9-15(11)12-4-6-13(16-3)7-5-12;1-3-2/h4-7,11H,8-10H2,1-3H3;3H,1H2,2H3. The van der Waals surface area contributed by atoms with Gasteiger partial charge in [0.05, 0.1) is 7.11 Å². The molecule has 0 N–H and O–H groups in total. The molecule has 1 aliphatic rings. The molecule has 0 bridgehead atoms. The summed E-state index contributed by atoms with van der Waals surface area (Å²) in [5.74, 6) is 0.922. The maximum atomic E-state index is 5.17. The van der Waals surface area contributed by atoms with E-state index < -0.39 is 0 Å². The van der Waals surface area contributed by atoms with E-state index in [4.69, 9.17) is 4.74 Å². The van der Waals surface area contributed by atoms with Gasteiger partial charge < -0.3 is 14.5 Å². The van der Waals surface area contributed by atoms with E-state index in [1.807, 2.05) is 19.1 Å². The zero-order valence-corrected chi connectivity index (χ0v) is 12.6. The van der Waals surface area contributed by atoms with E-state index >= 15 is 0 Å². The van der Waals surface area contributed by atoms with Crippen molar-refractivity contribution in [3.05, 3.63) is 36.9 Å². The minimum absolute atomic E-state index is 0.576. The normalized spacial score (nSPS) is 19.4. The van der Waals surface area contributed by atoms with Crippen LogP contribution in [0.2, 0.25) is 0 Å². The first-order valence-electron chi connectivity index (χ1n) is 6.78. The maximum absolute atomic E-state index is 5.17. The van der Waals surface area contributed by atoms with Crippen molar-refractivity contribution in [2.45, 2.75) is 19.9 Å². The maximum Gasteiger partial charge on any atom is 0.119 e. The van der Waals surface area contributed by atoms with Gasteiger partial charge in [-0.05, 0) is 45.2 Å². The van der Waals surface area contributed by atoms with Crippen molar-refractivity contribution in [2.24, 2.45) is 0 Å². The van der Waals surface area contributed by atoms with Crippen LogP contribution in [0.5, 0.6) is 5.75 Å². The van der Waals surface area contributed by atoms with Gasteiger partial charge in [0.2, 0.25) is 0 Å². The molecule has 1 aliphatic heterocycles. The second kappa shape index (κ2) is 7.85. The molecule has 19 heavy (non-hydrogen) atoms. The predicted octanol–water partition coefficient (Wildman–Crippen LogP) is 3.03. The number of hydrogen-bond acceptors (Lipinski definition) is 3. The molecule has 2 rings (SSSR count). The number of hydrogen-bond donors (Lipinski definition) is 0. The molecule has 1 fully saturated rings. The van der Waals surface area contributed by atoms with E-state index in [-0.39, 0.29) is 0 Å². The Kier molecular flexibility index (Phi) is 6.43. The molecule has 1 heterocycles. The molecular weight excluding hydrogens is 236 g/mol. The largest absolute Gasteiger partial charge is 0.497 e. The number of likely N-dealkylation sites (N-methyl/N-ethyl adjacent to an activating group) is 1. The third-order valence-corrected chi connectivity index (χ3v) is 3.23. The Morgan fingerprint density at radius 3 is 2.32 bits per heavy atom. The van der Waals surface area contributed by atoms with Crippen LogP contribution in [-0.4, -0.2) is 44.7 Å². The fourth-order valence-corrected chi connectivity index (χ4v) is 2.30. The van der Waals surface area contributed by atoms with Crippen molar-refractivity contribution in [1.29, 1.82) is 0 Å². The van der Waals surface area contributed by atoms with Gasteiger partial charge in [-0.3, -0.25) is 0 Å². The molecule has 1 atom stereocenters. The van der Waals surface area contributed by atoms with E-state index in [2.05, 4.69) is 42.5 Å². The molecule has 0 saturated carbocycles. The molecule has 3 heteroatoms. The highest BCUT2D eigenvalue weighted by atomic mass is 16.5. The van der Waals surface area contributed by atoms with E-state index in [9.17, 15) is 0 Å². The van der Waals surface area contributed by atoms with Gasteiger partial charge in [-0.25, -0.2) is 0 Å². The number of benzene rings is 1. The fourth-order valence-electron chi connectivity index (χ4n) is 2.30. The average molecular weight is 262 g/mol. The topological polar surface area (TPSA) is 15.7 Å². The third-order valence-electron chi connectivity index (χ3n) is 3.23. The number of ether oxygens (including phenoxy) is 1. The number of methoxy groups -OCH3 is 1. The molecule has 0 aliphatic carbocycles.